The fraction of sp³-hybridized carbons (Fsp3) is 0.423. The van der Waals surface area contributed by atoms with E-state index in [2.05, 4.69) is 37.2 Å². The molecule has 1 atom stereocenters. The number of carboxylic acids is 1. The van der Waals surface area contributed by atoms with Crippen LogP contribution in [0.1, 0.15) is 64.5 Å². The van der Waals surface area contributed by atoms with Gasteiger partial charge in [-0.25, -0.2) is 4.79 Å². The Labute approximate surface area is 227 Å². The van der Waals surface area contributed by atoms with E-state index in [4.69, 9.17) is 14.6 Å². The number of carboxylic acid groups (broad SMARTS) is 1. The number of aliphatic carboxylic acids is 1. The summed E-state index contributed by atoms with van der Waals surface area (Å²) in [4.78, 5) is 36.2. The van der Waals surface area contributed by atoms with Crippen molar-refractivity contribution in [3.63, 3.8) is 0 Å². The molecule has 2 rings (SSSR count). The number of amides is 1. The Morgan fingerprint density at radius 2 is 1.67 bits per heavy atom. The van der Waals surface area contributed by atoms with Crippen LogP contribution in [-0.2, 0) is 25.5 Å². The van der Waals surface area contributed by atoms with Gasteiger partial charge in [0.15, 0.2) is 5.75 Å². The van der Waals surface area contributed by atoms with E-state index in [0.29, 0.717) is 26.0 Å². The number of esters is 1. The number of carbonyl (C=O) groups is 3. The minimum atomic E-state index is -1.08. The Morgan fingerprint density at radius 3 is 2.19 bits per heavy atom. The Morgan fingerprint density at radius 1 is 1.06 bits per heavy atom. The van der Waals surface area contributed by atoms with E-state index in [1.165, 1.54) is 0 Å². The molecular formula is C26H31Br2NO7. The van der Waals surface area contributed by atoms with Crippen molar-refractivity contribution in [3.05, 3.63) is 50.4 Å². The summed E-state index contributed by atoms with van der Waals surface area (Å²) >= 11 is 6.96. The van der Waals surface area contributed by atoms with Gasteiger partial charge in [-0.3, -0.25) is 9.59 Å². The summed E-state index contributed by atoms with van der Waals surface area (Å²) in [6.45, 7) is 9.03. The molecule has 2 aromatic rings. The molecule has 0 saturated heterocycles. The van der Waals surface area contributed by atoms with E-state index in [-0.39, 0.29) is 30.9 Å². The van der Waals surface area contributed by atoms with Gasteiger partial charge >= 0.3 is 11.9 Å². The van der Waals surface area contributed by atoms with Gasteiger partial charge in [0.1, 0.15) is 23.1 Å². The summed E-state index contributed by atoms with van der Waals surface area (Å²) in [5.74, 6) is -0.863. The minimum absolute atomic E-state index is 0.0550. The van der Waals surface area contributed by atoms with Crippen LogP contribution in [0.2, 0.25) is 0 Å². The molecule has 0 saturated carbocycles. The summed E-state index contributed by atoms with van der Waals surface area (Å²) in [5, 5.41) is 21.6. The number of carbonyl (C=O) groups excluding carboxylic acids is 2. The third kappa shape index (κ3) is 9.13. The Balaban J connectivity index is 2.16. The second-order valence-electron chi connectivity index (χ2n) is 9.63. The summed E-state index contributed by atoms with van der Waals surface area (Å²) in [5.41, 5.74) is 0.617. The largest absolute Gasteiger partial charge is 0.508 e. The number of ether oxygens (including phenoxy) is 2. The molecule has 0 aliphatic heterocycles. The normalized spacial score (nSPS) is 12.2. The number of nitrogens with one attached hydrogen (secondary N) is 1. The van der Waals surface area contributed by atoms with Crippen molar-refractivity contribution >= 4 is 49.7 Å². The van der Waals surface area contributed by atoms with Crippen molar-refractivity contribution in [1.29, 1.82) is 0 Å². The standard InChI is InChI=1S/C26H31Br2NO7/c1-14(2)17-13-16(6-8-21(17)30)35-24-18(27)10-15(11-19(24)28)12-22(31)29-20(7-9-23(32)33)25(34)36-26(3,4)5/h6,8,10-11,13-14,20,30H,7,9,12H2,1-5H3,(H,29,31)(H,32,33)/t20-/m0/s1. The van der Waals surface area contributed by atoms with Crippen LogP contribution in [0, 0.1) is 0 Å². The topological polar surface area (TPSA) is 122 Å². The van der Waals surface area contributed by atoms with E-state index < -0.39 is 29.5 Å². The number of phenols is 1. The second-order valence-corrected chi connectivity index (χ2v) is 11.3. The van der Waals surface area contributed by atoms with Crippen LogP contribution in [-0.4, -0.2) is 39.7 Å². The third-order valence-corrected chi connectivity index (χ3v) is 6.12. The summed E-state index contributed by atoms with van der Waals surface area (Å²) in [6, 6.07) is 7.39. The fourth-order valence-corrected chi connectivity index (χ4v) is 4.75. The van der Waals surface area contributed by atoms with E-state index in [9.17, 15) is 19.5 Å². The van der Waals surface area contributed by atoms with Gasteiger partial charge in [0, 0.05) is 12.0 Å². The highest BCUT2D eigenvalue weighted by Crippen LogP contribution is 2.39. The van der Waals surface area contributed by atoms with Crippen molar-refractivity contribution in [1.82, 2.24) is 5.32 Å². The first-order chi connectivity index (χ1) is 16.7. The van der Waals surface area contributed by atoms with Gasteiger partial charge in [-0.05, 0) is 101 Å². The average Bonchev–Trinajstić information content (AvgIpc) is 2.73. The molecule has 3 N–H and O–H groups in total. The van der Waals surface area contributed by atoms with Gasteiger partial charge in [-0.1, -0.05) is 13.8 Å². The monoisotopic (exact) mass is 627 g/mol. The number of hydrogen-bond acceptors (Lipinski definition) is 6. The van der Waals surface area contributed by atoms with Crippen LogP contribution in [0.3, 0.4) is 0 Å². The van der Waals surface area contributed by atoms with E-state index in [0.717, 1.165) is 5.56 Å². The van der Waals surface area contributed by atoms with Gasteiger partial charge in [-0.15, -0.1) is 0 Å². The molecule has 0 radical (unpaired) electrons. The Kier molecular flexibility index (Phi) is 10.4. The van der Waals surface area contributed by atoms with Gasteiger partial charge in [0.05, 0.1) is 15.4 Å². The van der Waals surface area contributed by atoms with Crippen LogP contribution in [0.15, 0.2) is 39.3 Å². The lowest BCUT2D eigenvalue weighted by molar-refractivity contribution is -0.159. The van der Waals surface area contributed by atoms with E-state index in [1.54, 1.807) is 51.1 Å². The molecule has 36 heavy (non-hydrogen) atoms. The maximum atomic E-state index is 12.7. The molecular weight excluding hydrogens is 598 g/mol. The average molecular weight is 629 g/mol. The van der Waals surface area contributed by atoms with Crippen molar-refractivity contribution in [2.75, 3.05) is 0 Å². The molecule has 0 fully saturated rings. The first-order valence-electron chi connectivity index (χ1n) is 11.4. The highest BCUT2D eigenvalue weighted by atomic mass is 79.9. The van der Waals surface area contributed by atoms with Crippen LogP contribution in [0.4, 0.5) is 0 Å². The summed E-state index contributed by atoms with van der Waals surface area (Å²) in [7, 11) is 0. The lowest BCUT2D eigenvalue weighted by Crippen LogP contribution is -2.45. The zero-order chi connectivity index (χ0) is 27.2. The highest BCUT2D eigenvalue weighted by Gasteiger charge is 2.27. The van der Waals surface area contributed by atoms with E-state index in [1.807, 2.05) is 13.8 Å². The number of phenolic OH excluding ortho intramolecular Hbond substituents is 1. The maximum Gasteiger partial charge on any atom is 0.329 e. The number of rotatable bonds is 10. The number of hydrogen-bond donors (Lipinski definition) is 3. The van der Waals surface area contributed by atoms with Gasteiger partial charge in [0.25, 0.3) is 0 Å². The lowest BCUT2D eigenvalue weighted by atomic mass is 10.0. The van der Waals surface area contributed by atoms with Crippen LogP contribution in [0.25, 0.3) is 0 Å². The van der Waals surface area contributed by atoms with Crippen LogP contribution < -0.4 is 10.1 Å². The SMILES string of the molecule is CC(C)c1cc(Oc2c(Br)cc(CC(=O)N[C@@H](CCC(=O)O)C(=O)OC(C)(C)C)cc2Br)ccc1O. The lowest BCUT2D eigenvalue weighted by Gasteiger charge is -2.24. The quantitative estimate of drug-likeness (QED) is 0.273. The number of aromatic hydroxyl groups is 1. The molecule has 0 aliphatic carbocycles. The predicted octanol–water partition coefficient (Wildman–Crippen LogP) is 6.07. The molecule has 0 spiro atoms. The Bertz CT molecular complexity index is 1100. The summed E-state index contributed by atoms with van der Waals surface area (Å²) < 4.78 is 12.5. The Hall–Kier alpha value is -2.59. The molecule has 0 heterocycles. The molecule has 0 aromatic heterocycles. The molecule has 0 unspecified atom stereocenters. The zero-order valence-electron chi connectivity index (χ0n) is 20.9. The second kappa shape index (κ2) is 12.6. The van der Waals surface area contributed by atoms with Crippen LogP contribution in [0.5, 0.6) is 17.2 Å². The van der Waals surface area contributed by atoms with E-state index >= 15 is 0 Å². The molecule has 1 amide bonds. The van der Waals surface area contributed by atoms with Crippen molar-refractivity contribution in [2.45, 2.75) is 71.4 Å². The third-order valence-electron chi connectivity index (χ3n) is 4.94. The van der Waals surface area contributed by atoms with Crippen molar-refractivity contribution in [3.8, 4) is 17.2 Å². The molecule has 2 aromatic carbocycles. The first kappa shape index (κ1) is 29.6. The maximum absolute atomic E-state index is 12.7. The molecule has 196 valence electrons. The first-order valence-corrected chi connectivity index (χ1v) is 13.0. The molecule has 0 bridgehead atoms. The van der Waals surface area contributed by atoms with Gasteiger partial charge in [0.2, 0.25) is 5.91 Å². The van der Waals surface area contributed by atoms with Crippen molar-refractivity contribution in [2.24, 2.45) is 0 Å². The smallest absolute Gasteiger partial charge is 0.329 e. The molecule has 8 nitrogen and oxygen atoms in total. The number of halogens is 2. The summed E-state index contributed by atoms with van der Waals surface area (Å²) in [6.07, 6.45) is -0.426. The number of benzene rings is 2. The fourth-order valence-electron chi connectivity index (χ4n) is 3.31. The highest BCUT2D eigenvalue weighted by molar-refractivity contribution is 9.11. The molecule has 10 heteroatoms. The minimum Gasteiger partial charge on any atom is -0.508 e. The van der Waals surface area contributed by atoms with Crippen LogP contribution >= 0.6 is 31.9 Å². The predicted molar refractivity (Wildman–Crippen MR) is 142 cm³/mol. The van der Waals surface area contributed by atoms with Crippen molar-refractivity contribution < 1.29 is 34.1 Å². The van der Waals surface area contributed by atoms with Gasteiger partial charge in [-0.2, -0.15) is 0 Å². The molecule has 0 aliphatic rings. The zero-order valence-corrected chi connectivity index (χ0v) is 24.0. The van der Waals surface area contributed by atoms with Gasteiger partial charge < -0.3 is 25.0 Å².